The van der Waals surface area contributed by atoms with Crippen LogP contribution in [0.15, 0.2) is 24.3 Å². The molecule has 0 aliphatic rings. The van der Waals surface area contributed by atoms with Gasteiger partial charge in [-0.3, -0.25) is 4.57 Å². The van der Waals surface area contributed by atoms with Crippen LogP contribution in [0.2, 0.25) is 0 Å². The topological polar surface area (TPSA) is 46.5 Å². The van der Waals surface area contributed by atoms with E-state index in [-0.39, 0.29) is 6.16 Å². The van der Waals surface area contributed by atoms with Crippen LogP contribution in [0.4, 0.5) is 0 Å². The van der Waals surface area contributed by atoms with Crippen molar-refractivity contribution in [3.8, 4) is 0 Å². The number of benzene rings is 1. The second-order valence-electron chi connectivity index (χ2n) is 2.39. The molecule has 3 nitrogen and oxygen atoms in total. The molecule has 0 amide bonds. The van der Waals surface area contributed by atoms with Crippen LogP contribution in [-0.2, 0) is 15.3 Å². The van der Waals surface area contributed by atoms with Crippen molar-refractivity contribution in [2.75, 3.05) is 7.11 Å². The molecular formula is C8H10O3P. The third kappa shape index (κ3) is 2.78. The van der Waals surface area contributed by atoms with Crippen LogP contribution in [0.25, 0.3) is 0 Å². The summed E-state index contributed by atoms with van der Waals surface area (Å²) in [5, 5.41) is 0. The van der Waals surface area contributed by atoms with Gasteiger partial charge in [0, 0.05) is 7.11 Å². The Hall–Kier alpha value is -0.630. The molecule has 0 fully saturated rings. The van der Waals surface area contributed by atoms with Crippen molar-refractivity contribution in [2.24, 2.45) is 0 Å². The Morgan fingerprint density at radius 2 is 2.17 bits per heavy atom. The standard InChI is InChI=1S/C8H10O3P/c1-11-12(9,10)7-8-5-3-2-4-6-8/h3-6H,7H2,1H3,(H,9,10). The second kappa shape index (κ2) is 3.85. The van der Waals surface area contributed by atoms with E-state index in [0.29, 0.717) is 0 Å². The Bertz CT molecular complexity index is 284. The van der Waals surface area contributed by atoms with Crippen molar-refractivity contribution in [3.63, 3.8) is 0 Å². The first-order valence-electron chi connectivity index (χ1n) is 3.46. The molecule has 1 N–H and O–H groups in total. The van der Waals surface area contributed by atoms with Gasteiger partial charge in [0.1, 0.15) is 0 Å². The van der Waals surface area contributed by atoms with Gasteiger partial charge in [0.2, 0.25) is 0 Å². The summed E-state index contributed by atoms with van der Waals surface area (Å²) < 4.78 is 15.5. The fourth-order valence-corrected chi connectivity index (χ4v) is 1.62. The Balaban J connectivity index is 2.71. The predicted octanol–water partition coefficient (Wildman–Crippen LogP) is 1.82. The minimum Gasteiger partial charge on any atom is -0.324 e. The van der Waals surface area contributed by atoms with E-state index in [0.717, 1.165) is 5.56 Å². The van der Waals surface area contributed by atoms with Gasteiger partial charge in [0.15, 0.2) is 0 Å². The van der Waals surface area contributed by atoms with Crippen LogP contribution in [0.1, 0.15) is 5.56 Å². The van der Waals surface area contributed by atoms with E-state index in [1.165, 1.54) is 7.11 Å². The Morgan fingerprint density at radius 3 is 2.67 bits per heavy atom. The van der Waals surface area contributed by atoms with Crippen LogP contribution in [0, 0.1) is 6.07 Å². The Kier molecular flexibility index (Phi) is 3.04. The third-order valence-electron chi connectivity index (χ3n) is 1.45. The van der Waals surface area contributed by atoms with Crippen LogP contribution in [0.3, 0.4) is 0 Å². The molecule has 0 heterocycles. The van der Waals surface area contributed by atoms with Crippen molar-refractivity contribution in [3.05, 3.63) is 35.9 Å². The van der Waals surface area contributed by atoms with Crippen LogP contribution < -0.4 is 0 Å². The van der Waals surface area contributed by atoms with Crippen molar-refractivity contribution in [1.82, 2.24) is 0 Å². The highest BCUT2D eigenvalue weighted by Crippen LogP contribution is 2.44. The monoisotopic (exact) mass is 185 g/mol. The fourth-order valence-electron chi connectivity index (χ4n) is 0.822. The van der Waals surface area contributed by atoms with Crippen molar-refractivity contribution in [1.29, 1.82) is 0 Å². The maximum atomic E-state index is 11.1. The molecule has 0 aromatic heterocycles. The molecule has 1 rings (SSSR count). The van der Waals surface area contributed by atoms with E-state index in [4.69, 9.17) is 4.89 Å². The number of rotatable bonds is 3. The second-order valence-corrected chi connectivity index (χ2v) is 4.34. The molecule has 0 spiro atoms. The van der Waals surface area contributed by atoms with E-state index in [2.05, 4.69) is 10.6 Å². The summed E-state index contributed by atoms with van der Waals surface area (Å²) >= 11 is 0. The average Bonchev–Trinajstić information content (AvgIpc) is 2.06. The summed E-state index contributed by atoms with van der Waals surface area (Å²) in [6.07, 6.45) is 0.0537. The summed E-state index contributed by atoms with van der Waals surface area (Å²) in [6.45, 7) is 0. The Labute approximate surface area is 71.5 Å². The normalized spacial score (nSPS) is 15.5. The maximum Gasteiger partial charge on any atom is 0.332 e. The lowest BCUT2D eigenvalue weighted by Gasteiger charge is -2.07. The van der Waals surface area contributed by atoms with Gasteiger partial charge in [-0.1, -0.05) is 24.3 Å². The first-order chi connectivity index (χ1) is 5.64. The van der Waals surface area contributed by atoms with Gasteiger partial charge in [-0.2, -0.15) is 0 Å². The number of hydrogen-bond donors (Lipinski definition) is 1. The minimum absolute atomic E-state index is 0.0537. The van der Waals surface area contributed by atoms with Crippen molar-refractivity contribution < 1.29 is 14.0 Å². The van der Waals surface area contributed by atoms with Gasteiger partial charge in [0.05, 0.1) is 6.16 Å². The molecule has 0 bridgehead atoms. The van der Waals surface area contributed by atoms with Gasteiger partial charge in [-0.25, -0.2) is 0 Å². The van der Waals surface area contributed by atoms with Crippen LogP contribution >= 0.6 is 7.60 Å². The fraction of sp³-hybridized carbons (Fsp3) is 0.250. The zero-order chi connectivity index (χ0) is 9.03. The largest absolute Gasteiger partial charge is 0.332 e. The molecular weight excluding hydrogens is 175 g/mol. The molecule has 12 heavy (non-hydrogen) atoms. The van der Waals surface area contributed by atoms with Crippen molar-refractivity contribution >= 4 is 7.60 Å². The van der Waals surface area contributed by atoms with Crippen LogP contribution in [0.5, 0.6) is 0 Å². The highest BCUT2D eigenvalue weighted by Gasteiger charge is 2.16. The van der Waals surface area contributed by atoms with Gasteiger partial charge in [0.25, 0.3) is 0 Å². The predicted molar refractivity (Wildman–Crippen MR) is 45.8 cm³/mol. The zero-order valence-corrected chi connectivity index (χ0v) is 7.62. The van der Waals surface area contributed by atoms with E-state index in [1.54, 1.807) is 24.3 Å². The molecule has 0 aliphatic carbocycles. The smallest absolute Gasteiger partial charge is 0.324 e. The SMILES string of the molecule is COP(=O)(O)Cc1cc[c]cc1. The summed E-state index contributed by atoms with van der Waals surface area (Å²) in [5.41, 5.74) is 0.779. The van der Waals surface area contributed by atoms with Gasteiger partial charge >= 0.3 is 7.60 Å². The molecule has 1 radical (unpaired) electrons. The summed E-state index contributed by atoms with van der Waals surface area (Å²) in [7, 11) is -2.18. The molecule has 65 valence electrons. The first kappa shape index (κ1) is 9.46. The highest BCUT2D eigenvalue weighted by atomic mass is 31.2. The summed E-state index contributed by atoms with van der Waals surface area (Å²) in [6, 6.07) is 9.70. The Morgan fingerprint density at radius 1 is 1.58 bits per heavy atom. The maximum absolute atomic E-state index is 11.1. The van der Waals surface area contributed by atoms with E-state index >= 15 is 0 Å². The molecule has 1 aromatic rings. The quantitative estimate of drug-likeness (QED) is 0.730. The molecule has 4 heteroatoms. The summed E-state index contributed by atoms with van der Waals surface area (Å²) in [5.74, 6) is 0. The lowest BCUT2D eigenvalue weighted by molar-refractivity contribution is 0.314. The average molecular weight is 185 g/mol. The van der Waals surface area contributed by atoms with Gasteiger partial charge in [-0.05, 0) is 11.6 Å². The zero-order valence-electron chi connectivity index (χ0n) is 6.73. The first-order valence-corrected chi connectivity index (χ1v) is 5.23. The van der Waals surface area contributed by atoms with E-state index in [1.807, 2.05) is 0 Å². The molecule has 0 saturated carbocycles. The minimum atomic E-state index is -3.41. The molecule has 1 unspecified atom stereocenters. The molecule has 1 atom stereocenters. The number of hydrogen-bond acceptors (Lipinski definition) is 2. The lowest BCUT2D eigenvalue weighted by atomic mass is 10.2. The third-order valence-corrected chi connectivity index (χ3v) is 2.79. The molecule has 0 aliphatic heterocycles. The molecule has 1 aromatic carbocycles. The highest BCUT2D eigenvalue weighted by molar-refractivity contribution is 7.51. The van der Waals surface area contributed by atoms with Gasteiger partial charge < -0.3 is 9.42 Å². The van der Waals surface area contributed by atoms with Gasteiger partial charge in [-0.15, -0.1) is 0 Å². The lowest BCUT2D eigenvalue weighted by Crippen LogP contribution is -1.89. The molecule has 0 saturated heterocycles. The summed E-state index contributed by atoms with van der Waals surface area (Å²) in [4.78, 5) is 9.10. The van der Waals surface area contributed by atoms with Crippen LogP contribution in [-0.4, -0.2) is 12.0 Å². The van der Waals surface area contributed by atoms with E-state index < -0.39 is 7.60 Å². The van der Waals surface area contributed by atoms with Crippen molar-refractivity contribution in [2.45, 2.75) is 6.16 Å². The van der Waals surface area contributed by atoms with E-state index in [9.17, 15) is 4.57 Å².